The smallest absolute Gasteiger partial charge is 0.410 e. The number of aromatic nitrogens is 2. The third-order valence-electron chi connectivity index (χ3n) is 7.35. The van der Waals surface area contributed by atoms with Crippen LogP contribution in [0.25, 0.3) is 0 Å². The van der Waals surface area contributed by atoms with Gasteiger partial charge in [-0.2, -0.15) is 4.98 Å². The van der Waals surface area contributed by atoms with Crippen molar-refractivity contribution < 1.29 is 27.5 Å². The molecule has 1 aromatic carbocycles. The SMILES string of the molecule is C/C(=N/Oc1ncnc(OC2CCN(C3CCN(C(=O)OC(C)(C)C)CC3)CC2)c1C)c1ccc(S(C)(=O)=O)cc1. The molecule has 0 radical (unpaired) electrons. The van der Waals surface area contributed by atoms with Gasteiger partial charge < -0.3 is 19.2 Å². The molecule has 0 aliphatic carbocycles. The monoisotopic (exact) mass is 587 g/mol. The van der Waals surface area contributed by atoms with E-state index in [0.29, 0.717) is 42.2 Å². The number of ether oxygens (including phenoxy) is 2. The van der Waals surface area contributed by atoms with Crippen LogP contribution < -0.4 is 9.57 Å². The van der Waals surface area contributed by atoms with Gasteiger partial charge in [0.25, 0.3) is 5.88 Å². The Hall–Kier alpha value is -3.25. The maximum absolute atomic E-state index is 12.4. The van der Waals surface area contributed by atoms with E-state index in [1.54, 1.807) is 31.2 Å². The normalized spacial score (nSPS) is 18.3. The largest absolute Gasteiger partial charge is 0.474 e. The Labute approximate surface area is 242 Å². The van der Waals surface area contributed by atoms with Crippen LogP contribution in [-0.4, -0.2) is 90.2 Å². The van der Waals surface area contributed by atoms with Crippen molar-refractivity contribution in [3.05, 3.63) is 41.7 Å². The first kappa shape index (κ1) is 30.7. The van der Waals surface area contributed by atoms with Gasteiger partial charge in [-0.1, -0.05) is 17.3 Å². The Kier molecular flexibility index (Phi) is 9.53. The number of nitrogens with zero attached hydrogens (tertiary/aromatic N) is 5. The second kappa shape index (κ2) is 12.7. The number of rotatable bonds is 7. The van der Waals surface area contributed by atoms with Gasteiger partial charge in [0.1, 0.15) is 18.0 Å². The van der Waals surface area contributed by atoms with E-state index < -0.39 is 15.4 Å². The van der Waals surface area contributed by atoms with Gasteiger partial charge in [-0.3, -0.25) is 4.90 Å². The maximum atomic E-state index is 12.4. The van der Waals surface area contributed by atoms with Gasteiger partial charge in [-0.25, -0.2) is 18.2 Å². The molecule has 12 heteroatoms. The van der Waals surface area contributed by atoms with Crippen molar-refractivity contribution in [2.75, 3.05) is 32.4 Å². The lowest BCUT2D eigenvalue weighted by atomic mass is 9.99. The molecule has 3 heterocycles. The van der Waals surface area contributed by atoms with Gasteiger partial charge in [0.15, 0.2) is 9.84 Å². The summed E-state index contributed by atoms with van der Waals surface area (Å²) in [7, 11) is -3.26. The van der Waals surface area contributed by atoms with E-state index in [4.69, 9.17) is 14.3 Å². The predicted octanol–water partition coefficient (Wildman–Crippen LogP) is 4.23. The van der Waals surface area contributed by atoms with E-state index in [9.17, 15) is 13.2 Å². The zero-order valence-electron chi connectivity index (χ0n) is 24.8. The Bertz CT molecular complexity index is 1340. The molecule has 1 aromatic heterocycles. The maximum Gasteiger partial charge on any atom is 0.410 e. The van der Waals surface area contributed by atoms with Crippen LogP contribution in [-0.2, 0) is 14.6 Å². The highest BCUT2D eigenvalue weighted by Gasteiger charge is 2.32. The Balaban J connectivity index is 1.27. The first-order valence-corrected chi connectivity index (χ1v) is 15.9. The van der Waals surface area contributed by atoms with Crippen molar-refractivity contribution >= 4 is 21.6 Å². The van der Waals surface area contributed by atoms with E-state index in [-0.39, 0.29) is 17.1 Å². The number of likely N-dealkylation sites (tertiary alicyclic amines) is 2. The van der Waals surface area contributed by atoms with E-state index in [2.05, 4.69) is 20.0 Å². The van der Waals surface area contributed by atoms with Crippen molar-refractivity contribution in [3.63, 3.8) is 0 Å². The number of amides is 1. The summed E-state index contributed by atoms with van der Waals surface area (Å²) in [6.07, 6.45) is 6.03. The van der Waals surface area contributed by atoms with E-state index in [1.807, 2.05) is 32.6 Å². The number of carbonyl (C=O) groups excluding carboxylic acids is 1. The topological polar surface area (TPSA) is 124 Å². The summed E-state index contributed by atoms with van der Waals surface area (Å²) in [5, 5.41) is 4.18. The summed E-state index contributed by atoms with van der Waals surface area (Å²) in [5.74, 6) is 0.778. The summed E-state index contributed by atoms with van der Waals surface area (Å²) < 4.78 is 35.2. The molecule has 0 N–H and O–H groups in total. The molecule has 224 valence electrons. The Morgan fingerprint density at radius 2 is 1.59 bits per heavy atom. The molecule has 11 nitrogen and oxygen atoms in total. The van der Waals surface area contributed by atoms with Gasteiger partial charge in [0.05, 0.1) is 16.2 Å². The number of hydrogen-bond donors (Lipinski definition) is 0. The van der Waals surface area contributed by atoms with Gasteiger partial charge in [-0.05, 0) is 78.0 Å². The molecule has 0 saturated carbocycles. The molecule has 4 rings (SSSR count). The van der Waals surface area contributed by atoms with Crippen LogP contribution in [0.2, 0.25) is 0 Å². The van der Waals surface area contributed by atoms with E-state index >= 15 is 0 Å². The fourth-order valence-corrected chi connectivity index (χ4v) is 5.62. The standard InChI is InChI=1S/C29H41N5O6S/c1-20-26(30-19-31-27(20)40-32-21(2)22-7-9-25(10-8-22)41(6,36)37)38-24-13-17-33(18-14-24)23-11-15-34(16-12-23)28(35)39-29(3,4)5/h7-10,19,23-24H,11-18H2,1-6H3/b32-21-. The Morgan fingerprint density at radius 1 is 0.976 bits per heavy atom. The van der Waals surface area contributed by atoms with E-state index in [0.717, 1.165) is 44.3 Å². The highest BCUT2D eigenvalue weighted by molar-refractivity contribution is 7.90. The van der Waals surface area contributed by atoms with Crippen LogP contribution in [0.5, 0.6) is 11.8 Å². The van der Waals surface area contributed by atoms with Gasteiger partial charge in [0.2, 0.25) is 5.88 Å². The number of benzene rings is 1. The Morgan fingerprint density at radius 3 is 2.17 bits per heavy atom. The molecule has 41 heavy (non-hydrogen) atoms. The van der Waals surface area contributed by atoms with Crippen molar-refractivity contribution in [3.8, 4) is 11.8 Å². The molecule has 2 aromatic rings. The van der Waals surface area contributed by atoms with Crippen LogP contribution in [0.4, 0.5) is 4.79 Å². The summed E-state index contributed by atoms with van der Waals surface area (Å²) in [6.45, 7) is 12.6. The summed E-state index contributed by atoms with van der Waals surface area (Å²) in [6, 6.07) is 6.93. The first-order valence-electron chi connectivity index (χ1n) is 14.0. The van der Waals surface area contributed by atoms with Gasteiger partial charge in [0, 0.05) is 38.5 Å². The highest BCUT2D eigenvalue weighted by atomic mass is 32.2. The number of hydrogen-bond acceptors (Lipinski definition) is 10. The number of sulfone groups is 1. The average Bonchev–Trinajstić information content (AvgIpc) is 2.92. The van der Waals surface area contributed by atoms with Crippen molar-refractivity contribution in [1.82, 2.24) is 19.8 Å². The third kappa shape index (κ3) is 8.38. The van der Waals surface area contributed by atoms with Crippen LogP contribution in [0.1, 0.15) is 64.5 Å². The third-order valence-corrected chi connectivity index (χ3v) is 8.48. The van der Waals surface area contributed by atoms with E-state index in [1.165, 1.54) is 12.6 Å². The molecule has 2 saturated heterocycles. The minimum absolute atomic E-state index is 0.0353. The van der Waals surface area contributed by atoms with Crippen molar-refractivity contribution in [1.29, 1.82) is 0 Å². The zero-order valence-corrected chi connectivity index (χ0v) is 25.6. The molecule has 0 spiro atoms. The van der Waals surface area contributed by atoms with Crippen molar-refractivity contribution in [2.45, 2.75) is 82.9 Å². The fraction of sp³-hybridized carbons (Fsp3) is 0.586. The van der Waals surface area contributed by atoms with Crippen LogP contribution >= 0.6 is 0 Å². The second-order valence-electron chi connectivity index (χ2n) is 11.7. The summed E-state index contributed by atoms with van der Waals surface area (Å²) in [4.78, 5) is 31.1. The second-order valence-corrected chi connectivity index (χ2v) is 13.7. The average molecular weight is 588 g/mol. The minimum Gasteiger partial charge on any atom is -0.474 e. The molecule has 0 atom stereocenters. The quantitative estimate of drug-likeness (QED) is 0.346. The zero-order chi connectivity index (χ0) is 29.8. The number of carbonyl (C=O) groups is 1. The molecule has 0 unspecified atom stereocenters. The summed E-state index contributed by atoms with van der Waals surface area (Å²) >= 11 is 0. The highest BCUT2D eigenvalue weighted by Crippen LogP contribution is 2.28. The molecule has 1 amide bonds. The predicted molar refractivity (Wildman–Crippen MR) is 155 cm³/mol. The molecular formula is C29H41N5O6S. The van der Waals surface area contributed by atoms with Crippen LogP contribution in [0.3, 0.4) is 0 Å². The lowest BCUT2D eigenvalue weighted by molar-refractivity contribution is 0.00879. The molecule has 2 aliphatic rings. The molecular weight excluding hydrogens is 546 g/mol. The molecule has 2 fully saturated rings. The lowest BCUT2D eigenvalue weighted by Gasteiger charge is -2.41. The minimum atomic E-state index is -3.26. The molecule has 0 bridgehead atoms. The van der Waals surface area contributed by atoms with Crippen LogP contribution in [0.15, 0.2) is 40.6 Å². The number of oxime groups is 1. The van der Waals surface area contributed by atoms with Crippen molar-refractivity contribution in [2.24, 2.45) is 5.16 Å². The molecule has 2 aliphatic heterocycles. The lowest BCUT2D eigenvalue weighted by Crippen LogP contribution is -2.50. The summed E-state index contributed by atoms with van der Waals surface area (Å²) in [5.41, 5.74) is 1.50. The fourth-order valence-electron chi connectivity index (χ4n) is 4.99. The van der Waals surface area contributed by atoms with Gasteiger partial charge in [-0.15, -0.1) is 0 Å². The first-order chi connectivity index (χ1) is 19.3. The van der Waals surface area contributed by atoms with Gasteiger partial charge >= 0.3 is 6.09 Å². The number of piperidine rings is 2. The van der Waals surface area contributed by atoms with Crippen LogP contribution in [0, 0.1) is 6.92 Å².